The molecule has 0 spiro atoms. The normalized spacial score (nSPS) is 15.2. The van der Waals surface area contributed by atoms with E-state index in [4.69, 9.17) is 22.9 Å². The Hall–Kier alpha value is -10.5. The predicted octanol–water partition coefficient (Wildman–Crippen LogP) is -5.35. The number of H-pyrrole nitrogens is 1. The molecule has 0 unspecified atom stereocenters. The molecule has 0 aliphatic rings. The summed E-state index contributed by atoms with van der Waals surface area (Å²) in [5.74, 6) is -16.0. The number of rotatable bonds is 52. The second kappa shape index (κ2) is 49.6. The van der Waals surface area contributed by atoms with Crippen LogP contribution in [0.4, 0.5) is 0 Å². The molecule has 27 N–H and O–H groups in total. The van der Waals surface area contributed by atoms with Gasteiger partial charge in [-0.05, 0) is 119 Å². The summed E-state index contributed by atoms with van der Waals surface area (Å²) < 4.78 is 0. The van der Waals surface area contributed by atoms with Gasteiger partial charge in [0.25, 0.3) is 0 Å². The number of aromatic nitrogens is 2. The molecule has 0 saturated carbocycles. The second-order valence-electron chi connectivity index (χ2n) is 27.1. The number of carboxylic acid groups (broad SMARTS) is 2. The Bertz CT molecular complexity index is 3560. The SMILES string of the molecule is CC[C@H](C)[C@H](NC(=O)[C@H](CCSC)NC(=O)[C@H](CO)NC(=O)[C@H](Cc1ccc(O)cc1)NC(=O)[C@H](Cc1ccccc1)NC(=O)[C@@H](NC(=O)[C@H](CCC(=O)O)NC(=O)[C@@H](N)Cc1cnc[nH]1)[C@@H](C)O)C(=O)N[C@@H](CCCN=C(N)N)C(=O)N[C@@H](CO)C(=O)N[C@@H](CC(C)C)C(=O)N[C@@H](C)C(=O)N[C@@H](CCCCN)C(=O)O. The number of aliphatic hydroxyl groups excluding tert-OH is 3. The minimum absolute atomic E-state index is 0.0150. The van der Waals surface area contributed by atoms with E-state index in [1.165, 1.54) is 55.5 Å². The first-order valence-corrected chi connectivity index (χ1v) is 37.7. The lowest BCUT2D eigenvalue weighted by Gasteiger charge is -2.30. The van der Waals surface area contributed by atoms with E-state index in [0.29, 0.717) is 36.2 Å². The van der Waals surface area contributed by atoms with Gasteiger partial charge in [0.2, 0.25) is 70.9 Å². The standard InChI is InChI=1S/C71H111N19O20S/c1-8-38(4)56(68(107)82-46(18-14-27-77-71(74)75)60(99)87-54(35-92)67(106)84-50(29-37(2)3)63(102)79-39(5)58(97)83-49(70(109)110)17-12-13-26-72)89-62(101)48(25-28-111-7)81-66(105)53(34-91)88-65(104)51(31-42-19-21-44(94)22-20-42)85-64(103)52(30-41-15-10-9-11-16-41)86-69(108)57(40(6)93)90-61(100)47(23-24-55(95)96)80-59(98)45(73)32-43-33-76-36-78-43/h9-11,15-16,19-22,33,36-40,45-54,56-57,91-94H,8,12-14,17-18,23-32,34-35,72-73H2,1-7H3,(H,76,78)(H,79,102)(H,80,98)(H,81,105)(H,82,107)(H,83,97)(H,84,106)(H,85,103)(H,86,108)(H,87,99)(H,88,104)(H,89,101)(H,90,100)(H,95,96)(H,109,110)(H4,74,75,77)/t38-,39-,40+,45-,46-,47-,48-,49-,50-,51-,52-,53-,54-,56-,57-/m0/s1. The molecule has 12 amide bonds. The number of nitrogens with two attached hydrogens (primary N) is 4. The predicted molar refractivity (Wildman–Crippen MR) is 406 cm³/mol. The number of hydrogen-bond acceptors (Lipinski definition) is 23. The highest BCUT2D eigenvalue weighted by atomic mass is 32.2. The summed E-state index contributed by atoms with van der Waals surface area (Å²) in [7, 11) is 0. The van der Waals surface area contributed by atoms with Crippen LogP contribution in [0.15, 0.2) is 72.1 Å². The number of unbranched alkanes of at least 4 members (excludes halogenated alkanes) is 1. The third-order valence-electron chi connectivity index (χ3n) is 17.5. The number of aliphatic imine (C=N–C) groups is 1. The number of aromatic hydroxyl groups is 1. The average Bonchev–Trinajstić information content (AvgIpc) is 1.10. The molecule has 0 aliphatic heterocycles. The minimum Gasteiger partial charge on any atom is -0.508 e. The molecular weight excluding hydrogens is 1470 g/mol. The molecule has 15 atom stereocenters. The molecule has 39 nitrogen and oxygen atoms in total. The van der Waals surface area contributed by atoms with Crippen molar-refractivity contribution in [1.29, 1.82) is 0 Å². The Labute approximate surface area is 646 Å². The number of thioether (sulfide) groups is 1. The van der Waals surface area contributed by atoms with Crippen LogP contribution < -0.4 is 86.7 Å². The molecule has 3 rings (SSSR count). The highest BCUT2D eigenvalue weighted by Gasteiger charge is 2.39. The van der Waals surface area contributed by atoms with Crippen LogP contribution in [0.3, 0.4) is 0 Å². The lowest BCUT2D eigenvalue weighted by atomic mass is 9.97. The van der Waals surface area contributed by atoms with Crippen molar-refractivity contribution < 1.29 is 97.8 Å². The van der Waals surface area contributed by atoms with Crippen LogP contribution >= 0.6 is 11.8 Å². The molecule has 616 valence electrons. The number of benzene rings is 2. The number of carbonyl (C=O) groups is 14. The molecule has 0 bridgehead atoms. The number of phenols is 1. The van der Waals surface area contributed by atoms with Crippen LogP contribution in [-0.4, -0.2) is 252 Å². The van der Waals surface area contributed by atoms with Gasteiger partial charge in [0.1, 0.15) is 78.3 Å². The van der Waals surface area contributed by atoms with E-state index in [1.54, 1.807) is 64.3 Å². The monoisotopic (exact) mass is 1580 g/mol. The Kier molecular flexibility index (Phi) is 42.3. The van der Waals surface area contributed by atoms with Gasteiger partial charge in [-0.3, -0.25) is 67.3 Å². The van der Waals surface area contributed by atoms with Crippen molar-refractivity contribution in [2.75, 3.05) is 38.3 Å². The van der Waals surface area contributed by atoms with E-state index in [2.05, 4.69) is 78.8 Å². The molecule has 111 heavy (non-hydrogen) atoms. The van der Waals surface area contributed by atoms with Crippen molar-refractivity contribution in [1.82, 2.24) is 73.8 Å². The number of aliphatic hydroxyl groups is 3. The van der Waals surface area contributed by atoms with Crippen molar-refractivity contribution in [2.45, 2.75) is 210 Å². The maximum absolute atomic E-state index is 14.7. The van der Waals surface area contributed by atoms with E-state index >= 15 is 0 Å². The molecule has 1 aromatic heterocycles. The smallest absolute Gasteiger partial charge is 0.326 e. The molecule has 0 radical (unpaired) electrons. The van der Waals surface area contributed by atoms with Crippen LogP contribution in [0.1, 0.15) is 123 Å². The second-order valence-corrected chi connectivity index (χ2v) is 28.1. The highest BCUT2D eigenvalue weighted by molar-refractivity contribution is 7.98. The van der Waals surface area contributed by atoms with Gasteiger partial charge < -0.3 is 122 Å². The van der Waals surface area contributed by atoms with Crippen LogP contribution in [0, 0.1) is 11.8 Å². The van der Waals surface area contributed by atoms with Crippen molar-refractivity contribution >= 4 is 101 Å². The van der Waals surface area contributed by atoms with Gasteiger partial charge in [0.15, 0.2) is 5.96 Å². The molecule has 1 heterocycles. The van der Waals surface area contributed by atoms with E-state index in [9.17, 15) is 97.8 Å². The number of carbonyl (C=O) groups excluding carboxylic acids is 12. The fourth-order valence-electron chi connectivity index (χ4n) is 11.0. The lowest BCUT2D eigenvalue weighted by molar-refractivity contribution is -0.142. The van der Waals surface area contributed by atoms with Crippen molar-refractivity contribution in [3.05, 3.63) is 83.9 Å². The zero-order valence-electron chi connectivity index (χ0n) is 63.3. The van der Waals surface area contributed by atoms with Crippen molar-refractivity contribution in [3.8, 4) is 5.75 Å². The lowest BCUT2D eigenvalue weighted by Crippen LogP contribution is -2.62. The zero-order valence-corrected chi connectivity index (χ0v) is 64.1. The Balaban J connectivity index is 1.93. The van der Waals surface area contributed by atoms with Crippen LogP contribution in [-0.2, 0) is 86.4 Å². The number of guanidine groups is 1. The highest BCUT2D eigenvalue weighted by Crippen LogP contribution is 2.17. The number of nitrogens with one attached hydrogen (secondary N) is 13. The summed E-state index contributed by atoms with van der Waals surface area (Å²) in [6, 6.07) is -6.64. The average molecular weight is 1580 g/mol. The molecule has 2 aromatic carbocycles. The number of aromatic amines is 1. The van der Waals surface area contributed by atoms with E-state index in [-0.39, 0.29) is 87.7 Å². The fraction of sp³-hybridized carbons (Fsp3) is 0.577. The zero-order chi connectivity index (χ0) is 83.0. The molecule has 40 heteroatoms. The third-order valence-corrected chi connectivity index (χ3v) is 18.1. The number of nitrogens with zero attached hydrogens (tertiary/aromatic N) is 2. The fourth-order valence-corrected chi connectivity index (χ4v) is 11.4. The van der Waals surface area contributed by atoms with Gasteiger partial charge in [-0.1, -0.05) is 76.6 Å². The van der Waals surface area contributed by atoms with Gasteiger partial charge in [0, 0.05) is 44.1 Å². The number of aliphatic carboxylic acids is 2. The number of carboxylic acids is 2. The molecule has 0 fully saturated rings. The van der Waals surface area contributed by atoms with Gasteiger partial charge in [0.05, 0.1) is 31.7 Å². The van der Waals surface area contributed by atoms with E-state index in [1.807, 2.05) is 0 Å². The largest absolute Gasteiger partial charge is 0.508 e. The summed E-state index contributed by atoms with van der Waals surface area (Å²) >= 11 is 1.26. The van der Waals surface area contributed by atoms with Crippen molar-refractivity contribution in [2.24, 2.45) is 39.8 Å². The topological polar surface area (TPSA) is 650 Å². The summed E-state index contributed by atoms with van der Waals surface area (Å²) in [5, 5.41) is 91.3. The minimum atomic E-state index is -1.88. The number of imidazole rings is 1. The maximum atomic E-state index is 14.7. The quantitative estimate of drug-likeness (QED) is 0.0143. The van der Waals surface area contributed by atoms with E-state index < -0.39 is 199 Å². The molecule has 3 aromatic rings. The number of amides is 12. The number of phenolic OH excluding ortho intramolecular Hbond substituents is 1. The molecular formula is C71H111N19O20S. The van der Waals surface area contributed by atoms with Gasteiger partial charge in [-0.25, -0.2) is 9.78 Å². The Morgan fingerprint density at radius 1 is 0.523 bits per heavy atom. The van der Waals surface area contributed by atoms with Gasteiger partial charge in [-0.15, -0.1) is 0 Å². The number of hydrogen-bond donors (Lipinski definition) is 23. The molecule has 0 aliphatic carbocycles. The van der Waals surface area contributed by atoms with E-state index in [0.717, 1.165) is 6.92 Å². The summed E-state index contributed by atoms with van der Waals surface area (Å²) in [6.45, 7) is 7.27. The van der Waals surface area contributed by atoms with Crippen LogP contribution in [0.2, 0.25) is 0 Å². The van der Waals surface area contributed by atoms with Crippen LogP contribution in [0.25, 0.3) is 0 Å². The summed E-state index contributed by atoms with van der Waals surface area (Å²) in [6.07, 6.45) is 1.77. The van der Waals surface area contributed by atoms with Crippen molar-refractivity contribution in [3.63, 3.8) is 0 Å². The first kappa shape index (κ1) is 94.7. The van der Waals surface area contributed by atoms with Gasteiger partial charge >= 0.3 is 11.9 Å². The summed E-state index contributed by atoms with van der Waals surface area (Å²) in [5.41, 5.74) is 23.9. The Morgan fingerprint density at radius 2 is 0.982 bits per heavy atom. The maximum Gasteiger partial charge on any atom is 0.326 e. The first-order chi connectivity index (χ1) is 52.6. The first-order valence-electron chi connectivity index (χ1n) is 36.3. The van der Waals surface area contributed by atoms with Crippen LogP contribution in [0.5, 0.6) is 5.75 Å². The molecule has 0 saturated heterocycles. The third kappa shape index (κ3) is 34.5. The Morgan fingerprint density at radius 3 is 1.50 bits per heavy atom. The van der Waals surface area contributed by atoms with Gasteiger partial charge in [-0.2, -0.15) is 11.8 Å². The summed E-state index contributed by atoms with van der Waals surface area (Å²) in [4.78, 5) is 203.